The molecule has 0 fully saturated rings. The molecule has 4 rings (SSSR count). The van der Waals surface area contributed by atoms with E-state index in [2.05, 4.69) is 34.6 Å². The summed E-state index contributed by atoms with van der Waals surface area (Å²) >= 11 is 0. The lowest BCUT2D eigenvalue weighted by Gasteiger charge is -2.08. The Bertz CT molecular complexity index is 999. The van der Waals surface area contributed by atoms with Crippen LogP contribution in [0.25, 0.3) is 22.0 Å². The minimum Gasteiger partial charge on any atom is -0.493 e. The molecule has 0 unspecified atom stereocenters. The predicted octanol–water partition coefficient (Wildman–Crippen LogP) is 4.54. The van der Waals surface area contributed by atoms with Crippen molar-refractivity contribution in [2.75, 3.05) is 13.2 Å². The maximum atomic E-state index is 5.81. The molecule has 0 amide bonds. The average Bonchev–Trinajstić information content (AvgIpc) is 3.20. The third kappa shape index (κ3) is 4.51. The van der Waals surface area contributed by atoms with Gasteiger partial charge in [-0.05, 0) is 22.9 Å². The average molecular weight is 359 g/mol. The molecule has 0 aliphatic heterocycles. The molecule has 0 atom stereocenters. The first-order valence-electron chi connectivity index (χ1n) is 9.03. The van der Waals surface area contributed by atoms with E-state index in [1.54, 1.807) is 4.68 Å². The van der Waals surface area contributed by atoms with Crippen LogP contribution in [0.3, 0.4) is 0 Å². The molecule has 1 heterocycles. The van der Waals surface area contributed by atoms with Crippen molar-refractivity contribution in [3.63, 3.8) is 0 Å². The summed E-state index contributed by atoms with van der Waals surface area (Å²) in [5.41, 5.74) is 1.89. The van der Waals surface area contributed by atoms with Crippen molar-refractivity contribution in [2.24, 2.45) is 0 Å². The topological polar surface area (TPSA) is 49.2 Å². The van der Waals surface area contributed by atoms with Crippen LogP contribution in [0, 0.1) is 0 Å². The highest BCUT2D eigenvalue weighted by Gasteiger charge is 2.03. The number of ether oxygens (including phenoxy) is 2. The van der Waals surface area contributed by atoms with E-state index in [1.165, 1.54) is 10.8 Å². The Morgan fingerprint density at radius 1 is 0.815 bits per heavy atom. The van der Waals surface area contributed by atoms with E-state index < -0.39 is 0 Å². The largest absolute Gasteiger partial charge is 0.493 e. The highest BCUT2D eigenvalue weighted by Crippen LogP contribution is 2.20. The van der Waals surface area contributed by atoms with Crippen molar-refractivity contribution in [1.29, 1.82) is 0 Å². The third-order valence-corrected chi connectivity index (χ3v) is 4.25. The van der Waals surface area contributed by atoms with Gasteiger partial charge in [0.15, 0.2) is 0 Å². The van der Waals surface area contributed by atoms with E-state index in [0.717, 1.165) is 23.4 Å². The SMILES string of the molecule is c1ccc(-c2cn(COCCCOc3ccc4ccccc4c3)nn2)cc1. The molecule has 0 radical (unpaired) electrons. The van der Waals surface area contributed by atoms with Crippen LogP contribution < -0.4 is 4.74 Å². The van der Waals surface area contributed by atoms with E-state index in [1.807, 2.05) is 54.7 Å². The number of nitrogens with zero attached hydrogens (tertiary/aromatic N) is 3. The molecule has 0 aliphatic carbocycles. The zero-order valence-corrected chi connectivity index (χ0v) is 15.0. The van der Waals surface area contributed by atoms with Crippen LogP contribution in [0.4, 0.5) is 0 Å². The molecule has 0 saturated carbocycles. The first kappa shape index (κ1) is 17.2. The van der Waals surface area contributed by atoms with E-state index in [9.17, 15) is 0 Å². The second kappa shape index (κ2) is 8.47. The van der Waals surface area contributed by atoms with Gasteiger partial charge in [0.1, 0.15) is 18.2 Å². The fraction of sp³-hybridized carbons (Fsp3) is 0.182. The normalized spacial score (nSPS) is 11.0. The smallest absolute Gasteiger partial charge is 0.141 e. The van der Waals surface area contributed by atoms with Crippen molar-refractivity contribution in [1.82, 2.24) is 15.0 Å². The van der Waals surface area contributed by atoms with Crippen LogP contribution in [0.1, 0.15) is 6.42 Å². The predicted molar refractivity (Wildman–Crippen MR) is 105 cm³/mol. The number of rotatable bonds is 8. The summed E-state index contributed by atoms with van der Waals surface area (Å²) in [6.45, 7) is 1.61. The Kier molecular flexibility index (Phi) is 5.41. The third-order valence-electron chi connectivity index (χ3n) is 4.25. The van der Waals surface area contributed by atoms with Crippen LogP contribution in [0.2, 0.25) is 0 Å². The van der Waals surface area contributed by atoms with E-state index in [0.29, 0.717) is 19.9 Å². The Balaban J connectivity index is 1.19. The Labute approximate surface area is 158 Å². The quantitative estimate of drug-likeness (QED) is 0.433. The van der Waals surface area contributed by atoms with E-state index >= 15 is 0 Å². The van der Waals surface area contributed by atoms with E-state index in [4.69, 9.17) is 9.47 Å². The lowest BCUT2D eigenvalue weighted by molar-refractivity contribution is 0.0592. The molecule has 136 valence electrons. The van der Waals surface area contributed by atoms with Crippen molar-refractivity contribution in [3.8, 4) is 17.0 Å². The molecule has 1 aromatic heterocycles. The van der Waals surface area contributed by atoms with Crippen LogP contribution in [-0.4, -0.2) is 28.2 Å². The molecule has 0 saturated heterocycles. The van der Waals surface area contributed by atoms with Gasteiger partial charge in [-0.15, -0.1) is 5.10 Å². The summed E-state index contributed by atoms with van der Waals surface area (Å²) in [6.07, 6.45) is 2.70. The summed E-state index contributed by atoms with van der Waals surface area (Å²) in [4.78, 5) is 0. The van der Waals surface area contributed by atoms with Crippen molar-refractivity contribution < 1.29 is 9.47 Å². The van der Waals surface area contributed by atoms with E-state index in [-0.39, 0.29) is 0 Å². The number of hydrogen-bond donors (Lipinski definition) is 0. The Morgan fingerprint density at radius 3 is 2.52 bits per heavy atom. The number of fused-ring (bicyclic) bond motifs is 1. The standard InChI is InChI=1S/C22H21N3O2/c1-2-8-19(9-3-1)22-16-25(24-23-22)17-26-13-6-14-27-21-12-11-18-7-4-5-10-20(18)15-21/h1-5,7-12,15-16H,6,13-14,17H2. The minimum absolute atomic E-state index is 0.385. The zero-order valence-electron chi connectivity index (χ0n) is 15.0. The molecule has 0 spiro atoms. The lowest BCUT2D eigenvalue weighted by atomic mass is 10.1. The summed E-state index contributed by atoms with van der Waals surface area (Å²) in [6, 6.07) is 24.4. The van der Waals surface area contributed by atoms with Crippen molar-refractivity contribution in [3.05, 3.63) is 79.0 Å². The van der Waals surface area contributed by atoms with Crippen LogP contribution in [-0.2, 0) is 11.5 Å². The van der Waals surface area contributed by atoms with Crippen LogP contribution >= 0.6 is 0 Å². The molecule has 0 N–H and O–H groups in total. The maximum absolute atomic E-state index is 5.81. The van der Waals surface area contributed by atoms with Gasteiger partial charge in [0, 0.05) is 12.0 Å². The molecule has 5 nitrogen and oxygen atoms in total. The van der Waals surface area contributed by atoms with Gasteiger partial charge < -0.3 is 9.47 Å². The highest BCUT2D eigenvalue weighted by molar-refractivity contribution is 5.83. The number of benzene rings is 3. The second-order valence-corrected chi connectivity index (χ2v) is 6.26. The fourth-order valence-corrected chi connectivity index (χ4v) is 2.87. The van der Waals surface area contributed by atoms with Gasteiger partial charge in [0.25, 0.3) is 0 Å². The minimum atomic E-state index is 0.385. The molecule has 5 heteroatoms. The maximum Gasteiger partial charge on any atom is 0.141 e. The van der Waals surface area contributed by atoms with Gasteiger partial charge in [0.2, 0.25) is 0 Å². The lowest BCUT2D eigenvalue weighted by Crippen LogP contribution is -2.07. The molecule has 4 aromatic rings. The van der Waals surface area contributed by atoms with Gasteiger partial charge in [-0.1, -0.05) is 65.9 Å². The molecule has 0 bridgehead atoms. The first-order chi connectivity index (χ1) is 13.4. The molecular weight excluding hydrogens is 338 g/mol. The van der Waals surface area contributed by atoms with Gasteiger partial charge in [-0.2, -0.15) is 0 Å². The fourth-order valence-electron chi connectivity index (χ4n) is 2.87. The Morgan fingerprint density at radius 2 is 1.63 bits per heavy atom. The highest BCUT2D eigenvalue weighted by atomic mass is 16.5. The summed E-state index contributed by atoms with van der Waals surface area (Å²) in [5.74, 6) is 0.887. The number of aromatic nitrogens is 3. The second-order valence-electron chi connectivity index (χ2n) is 6.26. The summed E-state index contributed by atoms with van der Waals surface area (Å²) in [7, 11) is 0. The molecule has 3 aromatic carbocycles. The Hall–Kier alpha value is -3.18. The molecular formula is C22H21N3O2. The van der Waals surface area contributed by atoms with Gasteiger partial charge in [-0.3, -0.25) is 0 Å². The zero-order chi connectivity index (χ0) is 18.3. The van der Waals surface area contributed by atoms with Crippen molar-refractivity contribution >= 4 is 10.8 Å². The molecule has 0 aliphatic rings. The summed E-state index contributed by atoms with van der Waals surface area (Å²) in [5, 5.41) is 10.7. The van der Waals surface area contributed by atoms with Crippen molar-refractivity contribution in [2.45, 2.75) is 13.2 Å². The monoisotopic (exact) mass is 359 g/mol. The van der Waals surface area contributed by atoms with Gasteiger partial charge >= 0.3 is 0 Å². The summed E-state index contributed by atoms with van der Waals surface area (Å²) < 4.78 is 13.2. The van der Waals surface area contributed by atoms with Crippen LogP contribution in [0.5, 0.6) is 5.75 Å². The number of hydrogen-bond acceptors (Lipinski definition) is 4. The van der Waals surface area contributed by atoms with Crippen LogP contribution in [0.15, 0.2) is 79.0 Å². The van der Waals surface area contributed by atoms with Gasteiger partial charge in [-0.25, -0.2) is 4.68 Å². The molecule has 27 heavy (non-hydrogen) atoms. The first-order valence-corrected chi connectivity index (χ1v) is 9.03. The van der Waals surface area contributed by atoms with Gasteiger partial charge in [0.05, 0.1) is 19.4 Å².